The van der Waals surface area contributed by atoms with E-state index in [2.05, 4.69) is 10.2 Å². The summed E-state index contributed by atoms with van der Waals surface area (Å²) in [5, 5.41) is 3.44. The van der Waals surface area contributed by atoms with Crippen LogP contribution in [-0.4, -0.2) is 44.2 Å². The van der Waals surface area contributed by atoms with Crippen LogP contribution in [0.2, 0.25) is 0 Å². The molecule has 1 aromatic rings. The first-order chi connectivity index (χ1) is 10.3. The van der Waals surface area contributed by atoms with Crippen LogP contribution >= 0.6 is 0 Å². The predicted octanol–water partition coefficient (Wildman–Crippen LogP) is 2.44. The zero-order valence-electron chi connectivity index (χ0n) is 12.9. The molecule has 0 aromatic heterocycles. The summed E-state index contributed by atoms with van der Waals surface area (Å²) in [6, 6.07) is 7.62. The molecule has 1 aromatic carbocycles. The molecule has 4 nitrogen and oxygen atoms in total. The molecule has 1 heterocycles. The normalized spacial score (nSPS) is 16.4. The molecule has 1 fully saturated rings. The van der Waals surface area contributed by atoms with Crippen LogP contribution in [0.25, 0.3) is 0 Å². The van der Waals surface area contributed by atoms with Gasteiger partial charge in [0.2, 0.25) is 0 Å². The SMILES string of the molecule is COC(=O)c1ccccc1CNCCN1CCCCCC1. The first-order valence-corrected chi connectivity index (χ1v) is 7.90. The van der Waals surface area contributed by atoms with Gasteiger partial charge in [0.05, 0.1) is 12.7 Å². The quantitative estimate of drug-likeness (QED) is 0.645. The number of nitrogens with one attached hydrogen (secondary N) is 1. The second-order valence-electron chi connectivity index (χ2n) is 5.58. The van der Waals surface area contributed by atoms with Crippen LogP contribution < -0.4 is 5.32 Å². The number of carbonyl (C=O) groups excluding carboxylic acids is 1. The van der Waals surface area contributed by atoms with Gasteiger partial charge in [-0.25, -0.2) is 4.79 Å². The first-order valence-electron chi connectivity index (χ1n) is 7.90. The molecule has 0 saturated carbocycles. The highest BCUT2D eigenvalue weighted by Crippen LogP contribution is 2.10. The van der Waals surface area contributed by atoms with Crippen molar-refractivity contribution in [3.8, 4) is 0 Å². The maximum Gasteiger partial charge on any atom is 0.338 e. The molecule has 21 heavy (non-hydrogen) atoms. The summed E-state index contributed by atoms with van der Waals surface area (Å²) in [7, 11) is 1.42. The maximum absolute atomic E-state index is 11.7. The zero-order chi connectivity index (χ0) is 14.9. The van der Waals surface area contributed by atoms with E-state index in [1.807, 2.05) is 24.3 Å². The average Bonchev–Trinajstić information content (AvgIpc) is 2.80. The lowest BCUT2D eigenvalue weighted by Crippen LogP contribution is -2.32. The molecular formula is C17H26N2O2. The van der Waals surface area contributed by atoms with E-state index in [0.29, 0.717) is 12.1 Å². The molecule has 0 spiro atoms. The number of methoxy groups -OCH3 is 1. The van der Waals surface area contributed by atoms with E-state index in [1.54, 1.807) is 0 Å². The second-order valence-corrected chi connectivity index (χ2v) is 5.58. The Morgan fingerprint density at radius 1 is 1.19 bits per heavy atom. The first kappa shape index (κ1) is 16.0. The van der Waals surface area contributed by atoms with E-state index in [1.165, 1.54) is 45.9 Å². The lowest BCUT2D eigenvalue weighted by atomic mass is 10.1. The van der Waals surface area contributed by atoms with Crippen LogP contribution in [0.15, 0.2) is 24.3 Å². The van der Waals surface area contributed by atoms with Crippen molar-refractivity contribution in [2.75, 3.05) is 33.3 Å². The van der Waals surface area contributed by atoms with Crippen molar-refractivity contribution >= 4 is 5.97 Å². The Labute approximate surface area is 127 Å². The van der Waals surface area contributed by atoms with Gasteiger partial charge in [-0.15, -0.1) is 0 Å². The van der Waals surface area contributed by atoms with Crippen LogP contribution in [0.1, 0.15) is 41.6 Å². The fraction of sp³-hybridized carbons (Fsp3) is 0.588. The third kappa shape index (κ3) is 5.14. The average molecular weight is 290 g/mol. The molecule has 1 aliphatic heterocycles. The summed E-state index contributed by atoms with van der Waals surface area (Å²) in [6.45, 7) is 5.19. The molecule has 0 unspecified atom stereocenters. The van der Waals surface area contributed by atoms with Crippen molar-refractivity contribution in [2.45, 2.75) is 32.2 Å². The number of nitrogens with zero attached hydrogens (tertiary/aromatic N) is 1. The minimum Gasteiger partial charge on any atom is -0.465 e. The van der Waals surface area contributed by atoms with Crippen molar-refractivity contribution in [3.05, 3.63) is 35.4 Å². The van der Waals surface area contributed by atoms with Crippen LogP contribution in [0, 0.1) is 0 Å². The Morgan fingerprint density at radius 2 is 1.90 bits per heavy atom. The third-order valence-electron chi connectivity index (χ3n) is 4.04. The predicted molar refractivity (Wildman–Crippen MR) is 84.4 cm³/mol. The topological polar surface area (TPSA) is 41.6 Å². The van der Waals surface area contributed by atoms with Crippen molar-refractivity contribution in [3.63, 3.8) is 0 Å². The molecule has 0 radical (unpaired) electrons. The highest BCUT2D eigenvalue weighted by molar-refractivity contribution is 5.90. The third-order valence-corrected chi connectivity index (χ3v) is 4.04. The van der Waals surface area contributed by atoms with Crippen molar-refractivity contribution in [1.29, 1.82) is 0 Å². The Bertz CT molecular complexity index is 440. The van der Waals surface area contributed by atoms with E-state index in [4.69, 9.17) is 4.74 Å². The number of likely N-dealkylation sites (tertiary alicyclic amines) is 1. The van der Waals surface area contributed by atoms with E-state index in [9.17, 15) is 4.79 Å². The molecule has 2 rings (SSSR count). The molecular weight excluding hydrogens is 264 g/mol. The van der Waals surface area contributed by atoms with Crippen LogP contribution in [-0.2, 0) is 11.3 Å². The lowest BCUT2D eigenvalue weighted by Gasteiger charge is -2.20. The molecule has 1 aliphatic rings. The monoisotopic (exact) mass is 290 g/mol. The summed E-state index contributed by atoms with van der Waals surface area (Å²) in [5.41, 5.74) is 1.66. The van der Waals surface area contributed by atoms with Crippen LogP contribution in [0.5, 0.6) is 0 Å². The minimum absolute atomic E-state index is 0.264. The number of ether oxygens (including phenoxy) is 1. The van der Waals surface area contributed by atoms with Gasteiger partial charge in [0.25, 0.3) is 0 Å². The smallest absolute Gasteiger partial charge is 0.338 e. The molecule has 0 atom stereocenters. The van der Waals surface area contributed by atoms with Gasteiger partial charge in [0.15, 0.2) is 0 Å². The van der Waals surface area contributed by atoms with Gasteiger partial charge in [0.1, 0.15) is 0 Å². The molecule has 0 amide bonds. The number of hydrogen-bond donors (Lipinski definition) is 1. The summed E-state index contributed by atoms with van der Waals surface area (Å²) in [6.07, 6.45) is 5.39. The standard InChI is InChI=1S/C17H26N2O2/c1-21-17(20)16-9-5-4-8-15(16)14-18-10-13-19-11-6-2-3-7-12-19/h4-5,8-9,18H,2-3,6-7,10-14H2,1H3. The summed E-state index contributed by atoms with van der Waals surface area (Å²) < 4.78 is 4.82. The Kier molecular flexibility index (Phi) is 6.70. The van der Waals surface area contributed by atoms with E-state index in [-0.39, 0.29) is 5.97 Å². The number of hydrogen-bond acceptors (Lipinski definition) is 4. The molecule has 116 valence electrons. The van der Waals surface area contributed by atoms with Crippen LogP contribution in [0.3, 0.4) is 0 Å². The van der Waals surface area contributed by atoms with Gasteiger partial charge in [-0.2, -0.15) is 0 Å². The van der Waals surface area contributed by atoms with E-state index < -0.39 is 0 Å². The molecule has 0 bridgehead atoms. The van der Waals surface area contributed by atoms with Crippen molar-refractivity contribution in [2.24, 2.45) is 0 Å². The fourth-order valence-corrected chi connectivity index (χ4v) is 2.80. The zero-order valence-corrected chi connectivity index (χ0v) is 12.9. The molecule has 4 heteroatoms. The van der Waals surface area contributed by atoms with Gasteiger partial charge >= 0.3 is 5.97 Å². The fourth-order valence-electron chi connectivity index (χ4n) is 2.80. The van der Waals surface area contributed by atoms with Crippen molar-refractivity contribution < 1.29 is 9.53 Å². The molecule has 1 saturated heterocycles. The number of rotatable bonds is 6. The minimum atomic E-state index is -0.264. The Balaban J connectivity index is 1.76. The Hall–Kier alpha value is -1.39. The van der Waals surface area contributed by atoms with E-state index in [0.717, 1.165) is 18.7 Å². The van der Waals surface area contributed by atoms with Crippen molar-refractivity contribution in [1.82, 2.24) is 10.2 Å². The number of esters is 1. The van der Waals surface area contributed by atoms with Crippen LogP contribution in [0.4, 0.5) is 0 Å². The van der Waals surface area contributed by atoms with Gasteiger partial charge < -0.3 is 15.0 Å². The van der Waals surface area contributed by atoms with Gasteiger partial charge in [-0.1, -0.05) is 31.0 Å². The maximum atomic E-state index is 11.7. The lowest BCUT2D eigenvalue weighted by molar-refractivity contribution is 0.0599. The van der Waals surface area contributed by atoms with Gasteiger partial charge in [-0.05, 0) is 37.6 Å². The summed E-state index contributed by atoms with van der Waals surface area (Å²) >= 11 is 0. The largest absolute Gasteiger partial charge is 0.465 e. The van der Waals surface area contributed by atoms with Gasteiger partial charge in [0, 0.05) is 19.6 Å². The molecule has 0 aliphatic carbocycles. The second kappa shape index (κ2) is 8.80. The number of benzene rings is 1. The summed E-state index contributed by atoms with van der Waals surface area (Å²) in [5.74, 6) is -0.264. The number of carbonyl (C=O) groups is 1. The summed E-state index contributed by atoms with van der Waals surface area (Å²) in [4.78, 5) is 14.2. The highest BCUT2D eigenvalue weighted by Gasteiger charge is 2.11. The van der Waals surface area contributed by atoms with Gasteiger partial charge in [-0.3, -0.25) is 0 Å². The Morgan fingerprint density at radius 3 is 2.62 bits per heavy atom. The highest BCUT2D eigenvalue weighted by atomic mass is 16.5. The van der Waals surface area contributed by atoms with E-state index >= 15 is 0 Å². The molecule has 1 N–H and O–H groups in total.